The second kappa shape index (κ2) is 5.11. The van der Waals surface area contributed by atoms with Gasteiger partial charge in [0.25, 0.3) is 0 Å². The van der Waals surface area contributed by atoms with Gasteiger partial charge in [0.15, 0.2) is 11.5 Å². The summed E-state index contributed by atoms with van der Waals surface area (Å²) in [5.41, 5.74) is 6.20. The third-order valence-electron chi connectivity index (χ3n) is 1.53. The normalized spacial score (nSPS) is 11.5. The second-order valence-electron chi connectivity index (χ2n) is 2.23. The first-order valence-corrected chi connectivity index (χ1v) is 3.35. The Morgan fingerprint density at radius 3 is 2.69 bits per heavy atom. The molecule has 0 fully saturated rings. The van der Waals surface area contributed by atoms with Crippen LogP contribution >= 0.6 is 24.8 Å². The van der Waals surface area contributed by atoms with E-state index in [4.69, 9.17) is 15.2 Å². The summed E-state index contributed by atoms with van der Waals surface area (Å²) in [5, 5.41) is 0. The number of fused-ring (bicyclic) bond motifs is 1. The van der Waals surface area contributed by atoms with Crippen LogP contribution in [0.4, 0.5) is 0 Å². The predicted octanol–water partition coefficient (Wildman–Crippen LogP) is 1.11. The summed E-state index contributed by atoms with van der Waals surface area (Å²) in [6.45, 7) is 0.710. The van der Waals surface area contributed by atoms with Crippen molar-refractivity contribution in [2.45, 2.75) is 6.54 Å². The van der Waals surface area contributed by atoms with Gasteiger partial charge in [0, 0.05) is 12.6 Å². The highest BCUT2D eigenvalue weighted by molar-refractivity contribution is 5.85. The summed E-state index contributed by atoms with van der Waals surface area (Å²) in [6.07, 6.45) is 1.63. The van der Waals surface area contributed by atoms with Crippen molar-refractivity contribution in [1.29, 1.82) is 0 Å². The first-order chi connectivity index (χ1) is 5.40. The number of nitrogens with zero attached hydrogens (tertiary/aromatic N) is 1. The van der Waals surface area contributed by atoms with E-state index in [1.54, 1.807) is 12.3 Å². The van der Waals surface area contributed by atoms with Gasteiger partial charge in [0.1, 0.15) is 0 Å². The SMILES string of the molecule is Cl.Cl.NCc1cc2c(cn1)OCO2. The summed E-state index contributed by atoms with van der Waals surface area (Å²) in [5.74, 6) is 1.43. The molecule has 0 bridgehead atoms. The van der Waals surface area contributed by atoms with Crippen molar-refractivity contribution >= 4 is 24.8 Å². The Labute approximate surface area is 88.2 Å². The minimum Gasteiger partial charge on any atom is -0.453 e. The number of pyridine rings is 1. The van der Waals surface area contributed by atoms with Gasteiger partial charge in [-0.05, 0) is 0 Å². The van der Waals surface area contributed by atoms with Crippen molar-refractivity contribution in [3.63, 3.8) is 0 Å². The Balaban J connectivity index is 0.000000720. The molecule has 0 saturated carbocycles. The van der Waals surface area contributed by atoms with Crippen molar-refractivity contribution in [2.24, 2.45) is 5.73 Å². The maximum Gasteiger partial charge on any atom is 0.231 e. The van der Waals surface area contributed by atoms with E-state index in [0.717, 1.165) is 11.4 Å². The molecule has 1 aliphatic rings. The maximum absolute atomic E-state index is 5.39. The van der Waals surface area contributed by atoms with Crippen LogP contribution in [0.2, 0.25) is 0 Å². The fourth-order valence-electron chi connectivity index (χ4n) is 0.954. The number of hydrogen-bond acceptors (Lipinski definition) is 4. The largest absolute Gasteiger partial charge is 0.453 e. The summed E-state index contributed by atoms with van der Waals surface area (Å²) < 4.78 is 10.2. The van der Waals surface area contributed by atoms with Crippen LogP contribution in [0.3, 0.4) is 0 Å². The lowest BCUT2D eigenvalue weighted by Gasteiger charge is -1.96. The number of hydrogen-bond donors (Lipinski definition) is 1. The molecule has 13 heavy (non-hydrogen) atoms. The number of nitrogens with two attached hydrogens (primary N) is 1. The molecular weight excluding hydrogens is 215 g/mol. The van der Waals surface area contributed by atoms with Crippen LogP contribution in [0.15, 0.2) is 12.3 Å². The topological polar surface area (TPSA) is 57.4 Å². The zero-order valence-corrected chi connectivity index (χ0v) is 8.36. The Bertz CT molecular complexity index is 283. The molecule has 4 nitrogen and oxygen atoms in total. The van der Waals surface area contributed by atoms with Crippen LogP contribution in [0.1, 0.15) is 5.69 Å². The molecule has 6 heteroatoms. The minimum atomic E-state index is 0. The zero-order valence-electron chi connectivity index (χ0n) is 6.73. The zero-order chi connectivity index (χ0) is 7.68. The van der Waals surface area contributed by atoms with E-state index in [-0.39, 0.29) is 31.6 Å². The molecular formula is C7H10Cl2N2O2. The van der Waals surface area contributed by atoms with Crippen molar-refractivity contribution < 1.29 is 9.47 Å². The summed E-state index contributed by atoms with van der Waals surface area (Å²) in [7, 11) is 0. The second-order valence-corrected chi connectivity index (χ2v) is 2.23. The molecule has 0 atom stereocenters. The van der Waals surface area contributed by atoms with E-state index in [0.29, 0.717) is 12.3 Å². The van der Waals surface area contributed by atoms with Crippen molar-refractivity contribution in [3.05, 3.63) is 18.0 Å². The van der Waals surface area contributed by atoms with Crippen molar-refractivity contribution in [1.82, 2.24) is 4.98 Å². The molecule has 0 saturated heterocycles. The summed E-state index contributed by atoms with van der Waals surface area (Å²) in [4.78, 5) is 4.04. The smallest absolute Gasteiger partial charge is 0.231 e. The highest BCUT2D eigenvalue weighted by Crippen LogP contribution is 2.30. The minimum absolute atomic E-state index is 0. The van der Waals surface area contributed by atoms with Crippen LogP contribution in [0.5, 0.6) is 11.5 Å². The highest BCUT2D eigenvalue weighted by Gasteiger charge is 2.13. The molecule has 2 N–H and O–H groups in total. The Morgan fingerprint density at radius 2 is 2.00 bits per heavy atom. The predicted molar refractivity (Wildman–Crippen MR) is 52.7 cm³/mol. The van der Waals surface area contributed by atoms with Gasteiger partial charge in [-0.15, -0.1) is 24.8 Å². The standard InChI is InChI=1S/C7H8N2O2.2ClH/c8-2-5-1-6-7(3-9-5)11-4-10-6;;/h1,3H,2,4,8H2;2*1H. The number of halogens is 2. The van der Waals surface area contributed by atoms with Crippen molar-refractivity contribution in [2.75, 3.05) is 6.79 Å². The lowest BCUT2D eigenvalue weighted by atomic mass is 10.3. The van der Waals surface area contributed by atoms with Crippen molar-refractivity contribution in [3.8, 4) is 11.5 Å². The molecule has 74 valence electrons. The van der Waals surface area contributed by atoms with E-state index < -0.39 is 0 Å². The molecule has 2 heterocycles. The van der Waals surface area contributed by atoms with E-state index >= 15 is 0 Å². The lowest BCUT2D eigenvalue weighted by molar-refractivity contribution is 0.174. The van der Waals surface area contributed by atoms with Gasteiger partial charge in [-0.1, -0.05) is 0 Å². The van der Waals surface area contributed by atoms with E-state index in [1.807, 2.05) is 0 Å². The van der Waals surface area contributed by atoms with E-state index in [1.165, 1.54) is 0 Å². The van der Waals surface area contributed by atoms with Crippen LogP contribution < -0.4 is 15.2 Å². The molecule has 0 radical (unpaired) electrons. The monoisotopic (exact) mass is 224 g/mol. The Morgan fingerprint density at radius 1 is 1.31 bits per heavy atom. The first-order valence-electron chi connectivity index (χ1n) is 3.35. The van der Waals surface area contributed by atoms with Gasteiger partial charge in [-0.2, -0.15) is 0 Å². The quantitative estimate of drug-likeness (QED) is 0.777. The molecule has 0 aliphatic carbocycles. The molecule has 0 amide bonds. The number of ether oxygens (including phenoxy) is 2. The van der Waals surface area contributed by atoms with Crippen LogP contribution in [-0.4, -0.2) is 11.8 Å². The molecule has 2 rings (SSSR count). The number of rotatable bonds is 1. The molecule has 0 unspecified atom stereocenters. The molecule has 1 aliphatic heterocycles. The third-order valence-corrected chi connectivity index (χ3v) is 1.53. The van der Waals surface area contributed by atoms with Gasteiger partial charge in [0.2, 0.25) is 6.79 Å². The summed E-state index contributed by atoms with van der Waals surface area (Å²) in [6, 6.07) is 1.79. The average Bonchev–Trinajstić information content (AvgIpc) is 2.50. The van der Waals surface area contributed by atoms with Gasteiger partial charge in [0.05, 0.1) is 11.9 Å². The van der Waals surface area contributed by atoms with E-state index in [2.05, 4.69) is 4.98 Å². The highest BCUT2D eigenvalue weighted by atomic mass is 35.5. The van der Waals surface area contributed by atoms with Crippen LogP contribution in [0.25, 0.3) is 0 Å². The van der Waals surface area contributed by atoms with Gasteiger partial charge in [-0.3, -0.25) is 4.98 Å². The summed E-state index contributed by atoms with van der Waals surface area (Å²) >= 11 is 0. The average molecular weight is 225 g/mol. The molecule has 0 aromatic carbocycles. The maximum atomic E-state index is 5.39. The molecule has 0 spiro atoms. The fourth-order valence-corrected chi connectivity index (χ4v) is 0.954. The van der Waals surface area contributed by atoms with Gasteiger partial charge < -0.3 is 15.2 Å². The third kappa shape index (κ3) is 2.37. The first kappa shape index (κ1) is 12.3. The van der Waals surface area contributed by atoms with Gasteiger partial charge >= 0.3 is 0 Å². The van der Waals surface area contributed by atoms with Crippen LogP contribution in [-0.2, 0) is 6.54 Å². The number of aromatic nitrogens is 1. The van der Waals surface area contributed by atoms with Crippen LogP contribution in [0, 0.1) is 0 Å². The van der Waals surface area contributed by atoms with Gasteiger partial charge in [-0.25, -0.2) is 0 Å². The Kier molecular flexibility index (Phi) is 4.83. The fraction of sp³-hybridized carbons (Fsp3) is 0.286. The van der Waals surface area contributed by atoms with E-state index in [9.17, 15) is 0 Å². The molecule has 1 aromatic rings. The molecule has 1 aromatic heterocycles. The lowest BCUT2D eigenvalue weighted by Crippen LogP contribution is -1.98. The Hall–Kier alpha value is -0.710.